The summed E-state index contributed by atoms with van der Waals surface area (Å²) in [6, 6.07) is 13.6. The SMILES string of the molecule is Cc1cccc(C[C@@H]2CC(=O)N(Cc3ccc4c(c3)OCO4)C2=O)c1. The van der Waals surface area contributed by atoms with E-state index in [1.807, 2.05) is 43.3 Å². The van der Waals surface area contributed by atoms with Crippen molar-refractivity contribution in [1.82, 2.24) is 4.90 Å². The molecule has 0 saturated carbocycles. The molecule has 0 aromatic heterocycles. The number of hydrogen-bond donors (Lipinski definition) is 0. The Labute approximate surface area is 146 Å². The van der Waals surface area contributed by atoms with E-state index in [1.165, 1.54) is 4.90 Å². The van der Waals surface area contributed by atoms with Gasteiger partial charge in [0.15, 0.2) is 11.5 Å². The Morgan fingerprint density at radius 3 is 2.72 bits per heavy atom. The summed E-state index contributed by atoms with van der Waals surface area (Å²) in [5.74, 6) is 0.876. The van der Waals surface area contributed by atoms with Crippen LogP contribution >= 0.6 is 0 Å². The highest BCUT2D eigenvalue weighted by atomic mass is 16.7. The molecule has 1 atom stereocenters. The van der Waals surface area contributed by atoms with Gasteiger partial charge < -0.3 is 9.47 Å². The monoisotopic (exact) mass is 337 g/mol. The summed E-state index contributed by atoms with van der Waals surface area (Å²) in [5, 5.41) is 0. The highest BCUT2D eigenvalue weighted by Crippen LogP contribution is 2.33. The molecule has 0 N–H and O–H groups in total. The zero-order valence-electron chi connectivity index (χ0n) is 14.0. The fourth-order valence-corrected chi connectivity index (χ4v) is 3.42. The first kappa shape index (κ1) is 15.7. The molecule has 0 unspecified atom stereocenters. The van der Waals surface area contributed by atoms with E-state index in [0.29, 0.717) is 17.9 Å². The van der Waals surface area contributed by atoms with E-state index in [-0.39, 0.29) is 37.5 Å². The quantitative estimate of drug-likeness (QED) is 0.805. The molecule has 0 aliphatic carbocycles. The van der Waals surface area contributed by atoms with Crippen molar-refractivity contribution in [3.8, 4) is 11.5 Å². The van der Waals surface area contributed by atoms with Gasteiger partial charge in [0.05, 0.1) is 12.5 Å². The number of aryl methyl sites for hydroxylation is 1. The van der Waals surface area contributed by atoms with E-state index in [4.69, 9.17) is 9.47 Å². The fraction of sp³-hybridized carbons (Fsp3) is 0.300. The van der Waals surface area contributed by atoms with Crippen LogP contribution in [0.1, 0.15) is 23.1 Å². The largest absolute Gasteiger partial charge is 0.454 e. The van der Waals surface area contributed by atoms with Crippen LogP contribution in [0.15, 0.2) is 42.5 Å². The fourth-order valence-electron chi connectivity index (χ4n) is 3.42. The summed E-state index contributed by atoms with van der Waals surface area (Å²) in [6.07, 6.45) is 0.876. The Bertz CT molecular complexity index is 845. The van der Waals surface area contributed by atoms with Crippen molar-refractivity contribution in [2.45, 2.75) is 26.3 Å². The number of rotatable bonds is 4. The Morgan fingerprint density at radius 2 is 1.88 bits per heavy atom. The molecule has 0 spiro atoms. The molecule has 1 saturated heterocycles. The van der Waals surface area contributed by atoms with Crippen molar-refractivity contribution in [3.63, 3.8) is 0 Å². The number of fused-ring (bicyclic) bond motifs is 1. The van der Waals surface area contributed by atoms with Crippen LogP contribution in [0.4, 0.5) is 0 Å². The van der Waals surface area contributed by atoms with Crippen molar-refractivity contribution in [1.29, 1.82) is 0 Å². The Hall–Kier alpha value is -2.82. The van der Waals surface area contributed by atoms with Crippen LogP contribution in [0, 0.1) is 12.8 Å². The summed E-state index contributed by atoms with van der Waals surface area (Å²) in [5.41, 5.74) is 3.12. The molecular formula is C20H19NO4. The summed E-state index contributed by atoms with van der Waals surface area (Å²) in [7, 11) is 0. The maximum Gasteiger partial charge on any atom is 0.233 e. The average Bonchev–Trinajstić information content (AvgIpc) is 3.15. The van der Waals surface area contributed by atoms with Crippen LogP contribution in [0.3, 0.4) is 0 Å². The molecule has 2 aromatic rings. The van der Waals surface area contributed by atoms with Gasteiger partial charge in [-0.15, -0.1) is 0 Å². The number of carbonyl (C=O) groups excluding carboxylic acids is 2. The van der Waals surface area contributed by atoms with Crippen molar-refractivity contribution in [2.75, 3.05) is 6.79 Å². The minimum absolute atomic E-state index is 0.0934. The molecule has 5 heteroatoms. The summed E-state index contributed by atoms with van der Waals surface area (Å²) >= 11 is 0. The van der Waals surface area contributed by atoms with Gasteiger partial charge in [0, 0.05) is 6.42 Å². The second kappa shape index (κ2) is 6.24. The zero-order valence-corrected chi connectivity index (χ0v) is 14.0. The number of likely N-dealkylation sites (tertiary alicyclic amines) is 1. The van der Waals surface area contributed by atoms with Crippen LogP contribution in [0.2, 0.25) is 0 Å². The first-order chi connectivity index (χ1) is 12.1. The first-order valence-corrected chi connectivity index (χ1v) is 8.38. The second-order valence-corrected chi connectivity index (χ2v) is 6.60. The van der Waals surface area contributed by atoms with E-state index >= 15 is 0 Å². The van der Waals surface area contributed by atoms with Gasteiger partial charge >= 0.3 is 0 Å². The number of ether oxygens (including phenoxy) is 2. The Morgan fingerprint density at radius 1 is 1.04 bits per heavy atom. The van der Waals surface area contributed by atoms with E-state index in [0.717, 1.165) is 16.7 Å². The smallest absolute Gasteiger partial charge is 0.233 e. The van der Waals surface area contributed by atoms with Gasteiger partial charge in [-0.1, -0.05) is 35.9 Å². The lowest BCUT2D eigenvalue weighted by molar-refractivity contribution is -0.140. The molecule has 1 fully saturated rings. The van der Waals surface area contributed by atoms with Crippen LogP contribution in [-0.4, -0.2) is 23.5 Å². The molecule has 25 heavy (non-hydrogen) atoms. The third-order valence-electron chi connectivity index (χ3n) is 4.68. The topological polar surface area (TPSA) is 55.8 Å². The van der Waals surface area contributed by atoms with Crippen LogP contribution in [0.5, 0.6) is 11.5 Å². The van der Waals surface area contributed by atoms with Gasteiger partial charge in [-0.3, -0.25) is 14.5 Å². The molecule has 128 valence electrons. The number of benzene rings is 2. The maximum absolute atomic E-state index is 12.7. The minimum atomic E-state index is -0.275. The highest BCUT2D eigenvalue weighted by Gasteiger charge is 2.38. The molecule has 0 bridgehead atoms. The van der Waals surface area contributed by atoms with Gasteiger partial charge in [0.1, 0.15) is 0 Å². The first-order valence-electron chi connectivity index (χ1n) is 8.38. The normalized spacial score (nSPS) is 18.9. The van der Waals surface area contributed by atoms with E-state index < -0.39 is 0 Å². The summed E-state index contributed by atoms with van der Waals surface area (Å²) in [4.78, 5) is 26.4. The van der Waals surface area contributed by atoms with E-state index in [9.17, 15) is 9.59 Å². The van der Waals surface area contributed by atoms with Crippen molar-refractivity contribution >= 4 is 11.8 Å². The second-order valence-electron chi connectivity index (χ2n) is 6.60. The number of hydrogen-bond acceptors (Lipinski definition) is 4. The number of carbonyl (C=O) groups is 2. The third kappa shape index (κ3) is 3.09. The molecule has 2 aliphatic rings. The van der Waals surface area contributed by atoms with Crippen LogP contribution < -0.4 is 9.47 Å². The lowest BCUT2D eigenvalue weighted by Crippen LogP contribution is -2.30. The molecule has 2 aliphatic heterocycles. The molecule has 5 nitrogen and oxygen atoms in total. The number of imide groups is 1. The van der Waals surface area contributed by atoms with Gasteiger partial charge in [0.2, 0.25) is 18.6 Å². The lowest BCUT2D eigenvalue weighted by atomic mass is 9.97. The lowest BCUT2D eigenvalue weighted by Gasteiger charge is -2.15. The average molecular weight is 337 g/mol. The van der Waals surface area contributed by atoms with E-state index in [2.05, 4.69) is 6.07 Å². The minimum Gasteiger partial charge on any atom is -0.454 e. The molecule has 0 radical (unpaired) electrons. The maximum atomic E-state index is 12.7. The molecule has 4 rings (SSSR count). The van der Waals surface area contributed by atoms with Crippen molar-refractivity contribution in [2.24, 2.45) is 5.92 Å². The molecule has 2 amide bonds. The van der Waals surface area contributed by atoms with Crippen molar-refractivity contribution < 1.29 is 19.1 Å². The molecule has 2 heterocycles. The zero-order chi connectivity index (χ0) is 17.4. The predicted octanol–water partition coefficient (Wildman–Crippen LogP) is 2.84. The standard InChI is InChI=1S/C20H19NO4/c1-13-3-2-4-14(7-13)8-16-10-19(22)21(20(16)23)11-15-5-6-17-18(9-15)25-12-24-17/h2-7,9,16H,8,10-12H2,1H3/t16-/m1/s1. The summed E-state index contributed by atoms with van der Waals surface area (Å²) in [6.45, 7) is 2.51. The predicted molar refractivity (Wildman–Crippen MR) is 91.1 cm³/mol. The third-order valence-corrected chi connectivity index (χ3v) is 4.68. The Balaban J connectivity index is 1.47. The van der Waals surface area contributed by atoms with Gasteiger partial charge in [0.25, 0.3) is 0 Å². The van der Waals surface area contributed by atoms with E-state index in [1.54, 1.807) is 0 Å². The van der Waals surface area contributed by atoms with Crippen LogP contribution in [-0.2, 0) is 22.6 Å². The molecule has 2 aromatic carbocycles. The van der Waals surface area contributed by atoms with Gasteiger partial charge in [-0.05, 0) is 36.6 Å². The van der Waals surface area contributed by atoms with Crippen molar-refractivity contribution in [3.05, 3.63) is 59.2 Å². The van der Waals surface area contributed by atoms with Gasteiger partial charge in [-0.25, -0.2) is 0 Å². The number of nitrogens with zero attached hydrogens (tertiary/aromatic N) is 1. The molecular weight excluding hydrogens is 318 g/mol. The summed E-state index contributed by atoms with van der Waals surface area (Å²) < 4.78 is 10.6. The highest BCUT2D eigenvalue weighted by molar-refractivity contribution is 6.03. The Kier molecular flexibility index (Phi) is 3.92. The number of amides is 2. The van der Waals surface area contributed by atoms with Gasteiger partial charge in [-0.2, -0.15) is 0 Å². The van der Waals surface area contributed by atoms with Crippen LogP contribution in [0.25, 0.3) is 0 Å².